The van der Waals surface area contributed by atoms with Crippen molar-refractivity contribution in [3.63, 3.8) is 0 Å². The summed E-state index contributed by atoms with van der Waals surface area (Å²) in [7, 11) is 0. The van der Waals surface area contributed by atoms with E-state index in [1.807, 2.05) is 0 Å². The minimum atomic E-state index is -0.597. The molecule has 1 amide bonds. The topological polar surface area (TPSA) is 90.8 Å². The molecule has 3 N–H and O–H groups in total. The predicted molar refractivity (Wildman–Crippen MR) is 78.6 cm³/mol. The number of halogens is 1. The lowest BCUT2D eigenvalue weighted by Gasteiger charge is -2.02. The highest BCUT2D eigenvalue weighted by Crippen LogP contribution is 2.06. The van der Waals surface area contributed by atoms with Crippen molar-refractivity contribution in [2.24, 2.45) is 0 Å². The number of carbonyl (C=O) groups excluding carboxylic acids is 1. The first-order chi connectivity index (χ1) is 10.1. The zero-order chi connectivity index (χ0) is 15.1. The SMILES string of the molecule is N=C(/C=C\Nc1ccnc(F)c1)NC(=O)Cc1nccs1. The lowest BCUT2D eigenvalue weighted by atomic mass is 10.4. The van der Waals surface area contributed by atoms with Gasteiger partial charge in [0.2, 0.25) is 11.9 Å². The van der Waals surface area contributed by atoms with Crippen molar-refractivity contribution in [1.82, 2.24) is 15.3 Å². The third-order valence-corrected chi connectivity index (χ3v) is 3.08. The summed E-state index contributed by atoms with van der Waals surface area (Å²) in [6, 6.07) is 2.80. The van der Waals surface area contributed by atoms with E-state index in [1.165, 1.54) is 35.9 Å². The number of rotatable bonds is 5. The van der Waals surface area contributed by atoms with Gasteiger partial charge in [0.1, 0.15) is 10.8 Å². The summed E-state index contributed by atoms with van der Waals surface area (Å²) in [5.41, 5.74) is 0.501. The molecule has 0 radical (unpaired) electrons. The second kappa shape index (κ2) is 7.25. The Kier molecular flexibility index (Phi) is 5.10. The van der Waals surface area contributed by atoms with E-state index >= 15 is 0 Å². The van der Waals surface area contributed by atoms with Gasteiger partial charge in [0, 0.05) is 35.7 Å². The van der Waals surface area contributed by atoms with Gasteiger partial charge in [0.05, 0.1) is 6.42 Å². The molecule has 0 bridgehead atoms. The smallest absolute Gasteiger partial charge is 0.232 e. The Morgan fingerprint density at radius 3 is 3.00 bits per heavy atom. The molecular weight excluding hydrogens is 293 g/mol. The summed E-state index contributed by atoms with van der Waals surface area (Å²) in [5, 5.41) is 15.3. The minimum Gasteiger partial charge on any atom is -0.361 e. The Morgan fingerprint density at radius 2 is 2.29 bits per heavy atom. The van der Waals surface area contributed by atoms with Gasteiger partial charge in [-0.25, -0.2) is 9.97 Å². The molecule has 0 saturated carbocycles. The number of amidine groups is 1. The van der Waals surface area contributed by atoms with E-state index in [9.17, 15) is 9.18 Å². The van der Waals surface area contributed by atoms with Crippen LogP contribution in [0.15, 0.2) is 42.2 Å². The molecule has 0 aliphatic heterocycles. The number of carbonyl (C=O) groups is 1. The largest absolute Gasteiger partial charge is 0.361 e. The van der Waals surface area contributed by atoms with Gasteiger partial charge in [0.15, 0.2) is 0 Å². The second-order valence-corrected chi connectivity index (χ2v) is 4.89. The van der Waals surface area contributed by atoms with E-state index in [4.69, 9.17) is 5.41 Å². The molecular formula is C13H12FN5OS. The van der Waals surface area contributed by atoms with Crippen molar-refractivity contribution in [3.8, 4) is 0 Å². The molecule has 0 unspecified atom stereocenters. The first-order valence-electron chi connectivity index (χ1n) is 5.95. The van der Waals surface area contributed by atoms with Crippen LogP contribution in [0.2, 0.25) is 0 Å². The summed E-state index contributed by atoms with van der Waals surface area (Å²) >= 11 is 1.38. The monoisotopic (exact) mass is 305 g/mol. The second-order valence-electron chi connectivity index (χ2n) is 3.91. The Balaban J connectivity index is 1.78. The number of hydrogen-bond donors (Lipinski definition) is 3. The number of thiazole rings is 1. The van der Waals surface area contributed by atoms with E-state index in [0.29, 0.717) is 10.7 Å². The fourth-order valence-electron chi connectivity index (χ4n) is 1.43. The van der Waals surface area contributed by atoms with Gasteiger partial charge in [-0.1, -0.05) is 0 Å². The Bertz CT molecular complexity index is 656. The van der Waals surface area contributed by atoms with Crippen molar-refractivity contribution in [3.05, 3.63) is 53.1 Å². The zero-order valence-corrected chi connectivity index (χ0v) is 11.7. The van der Waals surface area contributed by atoms with Gasteiger partial charge in [-0.15, -0.1) is 11.3 Å². The summed E-state index contributed by atoms with van der Waals surface area (Å²) in [5.74, 6) is -0.978. The maximum Gasteiger partial charge on any atom is 0.232 e. The van der Waals surface area contributed by atoms with Crippen LogP contribution in [0.3, 0.4) is 0 Å². The van der Waals surface area contributed by atoms with Gasteiger partial charge in [-0.05, 0) is 12.1 Å². The maximum atomic E-state index is 12.8. The van der Waals surface area contributed by atoms with Gasteiger partial charge in [0.25, 0.3) is 0 Å². The van der Waals surface area contributed by atoms with Crippen molar-refractivity contribution in [1.29, 1.82) is 5.41 Å². The normalized spacial score (nSPS) is 10.5. The van der Waals surface area contributed by atoms with Gasteiger partial charge < -0.3 is 10.6 Å². The molecule has 0 aliphatic carbocycles. The molecule has 8 heteroatoms. The quantitative estimate of drug-likeness (QED) is 0.447. The van der Waals surface area contributed by atoms with E-state index in [-0.39, 0.29) is 18.2 Å². The highest BCUT2D eigenvalue weighted by atomic mass is 32.1. The molecule has 2 aromatic heterocycles. The van der Waals surface area contributed by atoms with E-state index < -0.39 is 5.95 Å². The Morgan fingerprint density at radius 1 is 1.43 bits per heavy atom. The van der Waals surface area contributed by atoms with Crippen molar-refractivity contribution in [2.45, 2.75) is 6.42 Å². The van der Waals surface area contributed by atoms with Crippen molar-refractivity contribution in [2.75, 3.05) is 5.32 Å². The molecule has 108 valence electrons. The number of hydrogen-bond acceptors (Lipinski definition) is 6. The third-order valence-electron chi connectivity index (χ3n) is 2.30. The number of nitrogens with one attached hydrogen (secondary N) is 3. The molecule has 0 aromatic carbocycles. The lowest BCUT2D eigenvalue weighted by molar-refractivity contribution is -0.119. The average molecular weight is 305 g/mol. The molecule has 0 atom stereocenters. The maximum absolute atomic E-state index is 12.8. The van der Waals surface area contributed by atoms with E-state index in [2.05, 4.69) is 20.6 Å². The van der Waals surface area contributed by atoms with E-state index in [1.54, 1.807) is 17.6 Å². The molecule has 0 saturated heterocycles. The fourth-order valence-corrected chi connectivity index (χ4v) is 2.04. The van der Waals surface area contributed by atoms with Crippen LogP contribution in [-0.2, 0) is 11.2 Å². The van der Waals surface area contributed by atoms with Crippen molar-refractivity contribution >= 4 is 28.8 Å². The summed E-state index contributed by atoms with van der Waals surface area (Å²) in [6.07, 6.45) is 5.87. The number of amides is 1. The Hall–Kier alpha value is -2.61. The summed E-state index contributed by atoms with van der Waals surface area (Å²) < 4.78 is 12.8. The number of aromatic nitrogens is 2. The fraction of sp³-hybridized carbons (Fsp3) is 0.0769. The third kappa shape index (κ3) is 5.11. The van der Waals surface area contributed by atoms with E-state index in [0.717, 1.165) is 0 Å². The molecule has 0 aliphatic rings. The van der Waals surface area contributed by atoms with Crippen LogP contribution in [0.4, 0.5) is 10.1 Å². The number of pyridine rings is 1. The van der Waals surface area contributed by atoms with Crippen LogP contribution in [0.1, 0.15) is 5.01 Å². The standard InChI is InChI=1S/C13H12FN5OS/c14-10-7-9(1-3-17-10)16-4-2-11(15)19-12(20)8-13-18-5-6-21-13/h1-7H,8H2,(H,16,17)(H2,15,19,20)/b4-2-. The molecule has 21 heavy (non-hydrogen) atoms. The Labute approximate surface area is 124 Å². The molecule has 2 rings (SSSR count). The molecule has 0 spiro atoms. The minimum absolute atomic E-state index is 0.0708. The summed E-state index contributed by atoms with van der Waals surface area (Å²) in [4.78, 5) is 19.0. The van der Waals surface area contributed by atoms with Crippen molar-refractivity contribution < 1.29 is 9.18 Å². The summed E-state index contributed by atoms with van der Waals surface area (Å²) in [6.45, 7) is 0. The molecule has 2 aromatic rings. The van der Waals surface area contributed by atoms with Gasteiger partial charge in [-0.3, -0.25) is 10.2 Å². The zero-order valence-electron chi connectivity index (χ0n) is 10.8. The van der Waals surface area contributed by atoms with Crippen LogP contribution >= 0.6 is 11.3 Å². The molecule has 6 nitrogen and oxygen atoms in total. The van der Waals surface area contributed by atoms with Crippen LogP contribution < -0.4 is 10.6 Å². The predicted octanol–water partition coefficient (Wildman–Crippen LogP) is 1.94. The highest BCUT2D eigenvalue weighted by molar-refractivity contribution is 7.09. The first kappa shape index (κ1) is 14.8. The van der Waals surface area contributed by atoms with Crippen LogP contribution in [0.25, 0.3) is 0 Å². The highest BCUT2D eigenvalue weighted by Gasteiger charge is 2.05. The lowest BCUT2D eigenvalue weighted by Crippen LogP contribution is -2.29. The number of nitrogens with zero attached hydrogens (tertiary/aromatic N) is 2. The average Bonchev–Trinajstić information content (AvgIpc) is 2.91. The number of anilines is 1. The van der Waals surface area contributed by atoms with Gasteiger partial charge >= 0.3 is 0 Å². The van der Waals surface area contributed by atoms with Gasteiger partial charge in [-0.2, -0.15) is 4.39 Å². The van der Waals surface area contributed by atoms with Crippen LogP contribution in [0, 0.1) is 11.4 Å². The first-order valence-corrected chi connectivity index (χ1v) is 6.83. The van der Waals surface area contributed by atoms with Crippen LogP contribution in [0.5, 0.6) is 0 Å². The molecule has 0 fully saturated rings. The van der Waals surface area contributed by atoms with Crippen LogP contribution in [-0.4, -0.2) is 21.7 Å². The molecule has 2 heterocycles.